The molecule has 0 spiro atoms. The number of ether oxygens (including phenoxy) is 9. The molecule has 22 nitrogen and oxygen atoms in total. The van der Waals surface area contributed by atoms with Gasteiger partial charge in [-0.2, -0.15) is 0 Å². The van der Waals surface area contributed by atoms with Gasteiger partial charge in [0.1, 0.15) is 41.7 Å². The lowest BCUT2D eigenvalue weighted by atomic mass is 9.77. The van der Waals surface area contributed by atoms with Crippen molar-refractivity contribution in [3.63, 3.8) is 0 Å². The van der Waals surface area contributed by atoms with Crippen molar-refractivity contribution in [2.75, 3.05) is 73.0 Å². The lowest BCUT2D eigenvalue weighted by molar-refractivity contribution is -0.318. The molecule has 1 aromatic heterocycles. The average Bonchev–Trinajstić information content (AvgIpc) is 1.40. The van der Waals surface area contributed by atoms with Gasteiger partial charge in [-0.15, -0.1) is 0 Å². The number of nitrogens with zero attached hydrogens (tertiary/aromatic N) is 4. The molecule has 22 heteroatoms. The van der Waals surface area contributed by atoms with E-state index in [2.05, 4.69) is 34.5 Å². The van der Waals surface area contributed by atoms with Gasteiger partial charge in [0, 0.05) is 87.6 Å². The third-order valence-electron chi connectivity index (χ3n) is 19.8. The van der Waals surface area contributed by atoms with Crippen molar-refractivity contribution in [1.29, 1.82) is 0 Å². The molecule has 0 amide bonds. The summed E-state index contributed by atoms with van der Waals surface area (Å²) in [4.78, 5) is 62.3. The molecule has 522 valence electrons. The van der Waals surface area contributed by atoms with E-state index in [0.717, 1.165) is 29.5 Å². The van der Waals surface area contributed by atoms with Crippen LogP contribution in [0, 0.1) is 17.8 Å². The van der Waals surface area contributed by atoms with Crippen LogP contribution in [0.25, 0.3) is 10.9 Å². The number of methoxy groups -OCH3 is 1. The highest BCUT2D eigenvalue weighted by molar-refractivity contribution is 5.94. The average molecular weight is 1310 g/mol. The predicted molar refractivity (Wildman–Crippen MR) is 356 cm³/mol. The van der Waals surface area contributed by atoms with Crippen molar-refractivity contribution in [2.45, 2.75) is 224 Å². The van der Waals surface area contributed by atoms with E-state index < -0.39 is 113 Å². The SMILES string of the molecule is CC[C@H]1OC(=O)[C@H](C)[C@@H](O[C@H]2C[C@@](C)(OC)[C@@H](OC(=O)CCOCCNc3ccc4c(c3)c(=O)c(C(=O)OCCN(Cc3ccccc3)Cc3ccccc3)cn4C3CC3)[C@H](C)O2)[C@H](C)[C@@H](O[C@@H]2O[C@H](C)C[C@H](N(C)C)[C@H]2O)[C@](C)(O)C[C@@H](C)CN(C)[C@H](C)[C@@H](O)[C@]1(C)O. The Bertz CT molecular complexity index is 3110. The van der Waals surface area contributed by atoms with Crippen molar-refractivity contribution in [3.8, 4) is 0 Å². The molecule has 3 saturated heterocycles. The molecule has 5 N–H and O–H groups in total. The van der Waals surface area contributed by atoms with Gasteiger partial charge in [0.15, 0.2) is 18.7 Å². The summed E-state index contributed by atoms with van der Waals surface area (Å²) in [5.41, 5.74) is -1.48. The number of carbonyl (C=O) groups excluding carboxylic acids is 3. The first-order valence-corrected chi connectivity index (χ1v) is 33.8. The number of hydrogen-bond acceptors (Lipinski definition) is 21. The van der Waals surface area contributed by atoms with E-state index in [-0.39, 0.29) is 75.2 Å². The van der Waals surface area contributed by atoms with Gasteiger partial charge in [-0.3, -0.25) is 19.3 Å². The van der Waals surface area contributed by atoms with Crippen LogP contribution < -0.4 is 10.7 Å². The fourth-order valence-electron chi connectivity index (χ4n) is 14.2. The monoisotopic (exact) mass is 1310 g/mol. The number of aliphatic hydroxyl groups is 4. The molecule has 4 aromatic rings. The second kappa shape index (κ2) is 32.7. The van der Waals surface area contributed by atoms with Crippen LogP contribution in [0.15, 0.2) is 89.9 Å². The third-order valence-corrected chi connectivity index (χ3v) is 19.8. The van der Waals surface area contributed by atoms with E-state index in [1.807, 2.05) is 97.9 Å². The predicted octanol–water partition coefficient (Wildman–Crippen LogP) is 7.48. The van der Waals surface area contributed by atoms with Gasteiger partial charge < -0.3 is 82.7 Å². The van der Waals surface area contributed by atoms with Crippen molar-refractivity contribution in [1.82, 2.24) is 19.3 Å². The smallest absolute Gasteiger partial charge is 0.343 e. The summed E-state index contributed by atoms with van der Waals surface area (Å²) in [6.07, 6.45) is -5.87. The largest absolute Gasteiger partial charge is 0.461 e. The van der Waals surface area contributed by atoms with Crippen molar-refractivity contribution in [3.05, 3.63) is 112 Å². The Morgan fingerprint density at radius 1 is 0.830 bits per heavy atom. The summed E-state index contributed by atoms with van der Waals surface area (Å²) in [5.74, 6) is -4.14. The minimum atomic E-state index is -1.87. The highest BCUT2D eigenvalue weighted by Gasteiger charge is 2.54. The van der Waals surface area contributed by atoms with E-state index in [4.69, 9.17) is 42.6 Å². The van der Waals surface area contributed by atoms with Crippen LogP contribution in [0.1, 0.15) is 142 Å². The van der Waals surface area contributed by atoms with Gasteiger partial charge in [0.25, 0.3) is 0 Å². The number of benzene rings is 3. The number of likely N-dealkylation sites (N-methyl/N-ethyl adjacent to an activating group) is 2. The van der Waals surface area contributed by atoms with Gasteiger partial charge in [-0.25, -0.2) is 4.79 Å². The first-order chi connectivity index (χ1) is 44.5. The lowest BCUT2D eigenvalue weighted by Crippen LogP contribution is -2.61. The fraction of sp³-hybridized carbons (Fsp3) is 0.667. The van der Waals surface area contributed by atoms with Crippen molar-refractivity contribution < 1.29 is 77.4 Å². The van der Waals surface area contributed by atoms with Crippen LogP contribution in [0.4, 0.5) is 5.69 Å². The molecule has 4 aliphatic rings. The first kappa shape index (κ1) is 74.4. The van der Waals surface area contributed by atoms with Gasteiger partial charge >= 0.3 is 17.9 Å². The number of hydrogen-bond donors (Lipinski definition) is 5. The Hall–Kier alpha value is -5.44. The molecule has 94 heavy (non-hydrogen) atoms. The molecular formula is C72H107N5O17. The minimum absolute atomic E-state index is 0.0153. The summed E-state index contributed by atoms with van der Waals surface area (Å²) in [6, 6.07) is 25.0. The second-order valence-corrected chi connectivity index (χ2v) is 28.0. The number of fused-ring (bicyclic) bond motifs is 1. The summed E-state index contributed by atoms with van der Waals surface area (Å²) in [6.45, 7) is 20.4. The quantitative estimate of drug-likeness (QED) is 0.0259. The van der Waals surface area contributed by atoms with Crippen molar-refractivity contribution in [2.24, 2.45) is 17.8 Å². The molecule has 1 saturated carbocycles. The van der Waals surface area contributed by atoms with E-state index in [1.165, 1.54) is 14.0 Å². The molecule has 4 fully saturated rings. The highest BCUT2D eigenvalue weighted by Crippen LogP contribution is 2.42. The maximum atomic E-state index is 14.7. The molecule has 3 aliphatic heterocycles. The second-order valence-electron chi connectivity index (χ2n) is 28.0. The lowest BCUT2D eigenvalue weighted by Gasteiger charge is -2.49. The van der Waals surface area contributed by atoms with Crippen LogP contribution in [0.5, 0.6) is 0 Å². The van der Waals surface area contributed by atoms with Crippen LogP contribution in [-0.2, 0) is 65.3 Å². The number of cyclic esters (lactones) is 1. The topological polar surface area (TPSA) is 259 Å². The first-order valence-electron chi connectivity index (χ1n) is 33.8. The molecular weight excluding hydrogens is 1210 g/mol. The highest BCUT2D eigenvalue weighted by atomic mass is 16.7. The summed E-state index contributed by atoms with van der Waals surface area (Å²) in [7, 11) is 7.08. The zero-order valence-electron chi connectivity index (χ0n) is 57.8. The number of aliphatic hydroxyl groups excluding tert-OH is 2. The zero-order valence-corrected chi connectivity index (χ0v) is 57.8. The molecule has 3 aromatic carbocycles. The normalized spacial score (nSPS) is 33.4. The Morgan fingerprint density at radius 3 is 2.11 bits per heavy atom. The summed E-state index contributed by atoms with van der Waals surface area (Å²) in [5, 5.41) is 52.1. The zero-order chi connectivity index (χ0) is 68.4. The molecule has 8 rings (SSSR count). The van der Waals surface area contributed by atoms with Gasteiger partial charge in [-0.1, -0.05) is 81.4 Å². The van der Waals surface area contributed by atoms with Crippen LogP contribution in [-0.4, -0.2) is 216 Å². The number of aromatic nitrogens is 1. The number of pyridine rings is 1. The maximum absolute atomic E-state index is 14.7. The van der Waals surface area contributed by atoms with E-state index in [9.17, 15) is 39.6 Å². The number of carbonyl (C=O) groups is 3. The Balaban J connectivity index is 0.901. The summed E-state index contributed by atoms with van der Waals surface area (Å²) >= 11 is 0. The fourth-order valence-corrected chi connectivity index (χ4v) is 14.2. The standard InChI is InChI=1S/C72H107N5O17/c1-15-58-72(10,85)64(81)48(6)75(13)40-44(2)38-70(8,84)65(94-69-62(80)57(74(11)12)36-45(3)89-69)46(4)63(47(5)67(82)91-58)93-60-39-71(9,86-14)66(49(7)90-60)92-59(78)30-33-87-34-31-73-52-26-29-56-54(37-52)61(79)55(43-77(56)53-27-28-53)68(83)88-35-32-76(41-50-22-18-16-19-23-50)42-51-24-20-17-21-25-51/h16-26,29,37,43-49,53,57-58,60,62-66,69,73,80-81,84-85H,15,27-28,30-36,38-42H2,1-14H3/t44-,45-,46+,47-,48-,49+,57+,58-,60+,62-,63+,64-,65-,66+,69+,70-,71-,72-/m1/s1. The third kappa shape index (κ3) is 18.6. The molecule has 0 radical (unpaired) electrons. The van der Waals surface area contributed by atoms with Crippen LogP contribution in [0.2, 0.25) is 0 Å². The molecule has 0 bridgehead atoms. The van der Waals surface area contributed by atoms with Crippen molar-refractivity contribution >= 4 is 34.5 Å². The van der Waals surface area contributed by atoms with Crippen LogP contribution >= 0.6 is 0 Å². The van der Waals surface area contributed by atoms with E-state index >= 15 is 0 Å². The maximum Gasteiger partial charge on any atom is 0.343 e. The summed E-state index contributed by atoms with van der Waals surface area (Å²) < 4.78 is 58.9. The minimum Gasteiger partial charge on any atom is -0.461 e. The molecule has 4 heterocycles. The molecule has 0 unspecified atom stereocenters. The van der Waals surface area contributed by atoms with E-state index in [1.54, 1.807) is 60.7 Å². The van der Waals surface area contributed by atoms with Gasteiger partial charge in [-0.05, 0) is 137 Å². The van der Waals surface area contributed by atoms with Crippen LogP contribution in [0.3, 0.4) is 0 Å². The van der Waals surface area contributed by atoms with Gasteiger partial charge in [0.2, 0.25) is 5.43 Å². The number of rotatable bonds is 24. The Labute approximate surface area is 555 Å². The Morgan fingerprint density at radius 2 is 1.49 bits per heavy atom. The number of esters is 3. The van der Waals surface area contributed by atoms with E-state index in [0.29, 0.717) is 50.2 Å². The molecule has 18 atom stereocenters. The number of anilines is 1. The molecule has 1 aliphatic carbocycles. The van der Waals surface area contributed by atoms with Gasteiger partial charge in [0.05, 0.1) is 61.1 Å². The Kier molecular flexibility index (Phi) is 25.9. The number of nitrogens with one attached hydrogen (secondary N) is 1.